The van der Waals surface area contributed by atoms with E-state index in [2.05, 4.69) is 10.2 Å². The van der Waals surface area contributed by atoms with Crippen molar-refractivity contribution in [3.63, 3.8) is 0 Å². The molecule has 1 aromatic carbocycles. The Balaban J connectivity index is 1.96. The molecule has 8 heteroatoms. The molecule has 1 heterocycles. The van der Waals surface area contributed by atoms with E-state index in [-0.39, 0.29) is 22.7 Å². The number of primary amides is 1. The Morgan fingerprint density at radius 2 is 2.15 bits per heavy atom. The summed E-state index contributed by atoms with van der Waals surface area (Å²) in [5.41, 5.74) is 5.02. The lowest BCUT2D eigenvalue weighted by atomic mass is 10.3. The van der Waals surface area contributed by atoms with Crippen LogP contribution in [0.25, 0.3) is 0 Å². The molecule has 0 radical (unpaired) electrons. The summed E-state index contributed by atoms with van der Waals surface area (Å²) in [6.45, 7) is 1.72. The van der Waals surface area contributed by atoms with E-state index >= 15 is 0 Å². The van der Waals surface area contributed by atoms with E-state index in [1.807, 2.05) is 0 Å². The molecule has 2 N–H and O–H groups in total. The number of nitrogens with zero attached hydrogens (tertiary/aromatic N) is 2. The summed E-state index contributed by atoms with van der Waals surface area (Å²) in [5, 5.41) is 7.83. The molecule has 2 rings (SSSR count). The van der Waals surface area contributed by atoms with E-state index in [9.17, 15) is 9.18 Å². The standard InChI is InChI=1S/C12H12FN3O3S/c1-7(18-9-4-2-8(13)3-5-9)11-15-16-12(19-11)20-6-10(14)17/h2-5,7H,6H2,1H3,(H2,14,17)/t7-/m0/s1. The first-order valence-corrected chi connectivity index (χ1v) is 6.70. The second kappa shape index (κ2) is 6.38. The third-order valence-electron chi connectivity index (χ3n) is 2.23. The average molecular weight is 297 g/mol. The van der Waals surface area contributed by atoms with Crippen LogP contribution >= 0.6 is 11.8 Å². The van der Waals surface area contributed by atoms with E-state index in [1.54, 1.807) is 6.92 Å². The lowest BCUT2D eigenvalue weighted by molar-refractivity contribution is -0.115. The van der Waals surface area contributed by atoms with Gasteiger partial charge in [0.15, 0.2) is 6.10 Å². The second-order valence-corrected chi connectivity index (χ2v) is 4.80. The molecule has 0 aliphatic heterocycles. The highest BCUT2D eigenvalue weighted by Crippen LogP contribution is 2.23. The minimum Gasteiger partial charge on any atom is -0.481 e. The van der Waals surface area contributed by atoms with Gasteiger partial charge in [-0.3, -0.25) is 4.79 Å². The van der Waals surface area contributed by atoms with Gasteiger partial charge in [-0.2, -0.15) is 0 Å². The topological polar surface area (TPSA) is 91.2 Å². The van der Waals surface area contributed by atoms with E-state index in [0.717, 1.165) is 11.8 Å². The SMILES string of the molecule is C[C@H](Oc1ccc(F)cc1)c1nnc(SCC(N)=O)o1. The predicted octanol–water partition coefficient (Wildman–Crippen LogP) is 1.93. The predicted molar refractivity (Wildman–Crippen MR) is 69.7 cm³/mol. The Morgan fingerprint density at radius 3 is 2.80 bits per heavy atom. The van der Waals surface area contributed by atoms with Gasteiger partial charge in [-0.1, -0.05) is 11.8 Å². The Morgan fingerprint density at radius 1 is 1.45 bits per heavy atom. The summed E-state index contributed by atoms with van der Waals surface area (Å²) in [6.07, 6.45) is -0.490. The number of carbonyl (C=O) groups excluding carboxylic acids is 1. The normalized spacial score (nSPS) is 12.1. The van der Waals surface area contributed by atoms with Gasteiger partial charge in [-0.05, 0) is 31.2 Å². The first-order chi connectivity index (χ1) is 9.54. The number of thioether (sulfide) groups is 1. The molecule has 0 unspecified atom stereocenters. The van der Waals surface area contributed by atoms with Gasteiger partial charge in [0, 0.05) is 0 Å². The van der Waals surface area contributed by atoms with Crippen LogP contribution < -0.4 is 10.5 Å². The third-order valence-corrected chi connectivity index (χ3v) is 3.08. The number of halogens is 1. The van der Waals surface area contributed by atoms with Crippen molar-refractivity contribution >= 4 is 17.7 Å². The molecule has 1 aromatic heterocycles. The lowest BCUT2D eigenvalue weighted by Gasteiger charge is -2.10. The molecule has 0 saturated heterocycles. The fourth-order valence-corrected chi connectivity index (χ4v) is 1.85. The summed E-state index contributed by atoms with van der Waals surface area (Å²) >= 11 is 1.06. The van der Waals surface area contributed by atoms with E-state index in [1.165, 1.54) is 24.3 Å². The number of carbonyl (C=O) groups is 1. The molecule has 0 bridgehead atoms. The molecule has 20 heavy (non-hydrogen) atoms. The zero-order chi connectivity index (χ0) is 14.5. The number of benzene rings is 1. The monoisotopic (exact) mass is 297 g/mol. The zero-order valence-electron chi connectivity index (χ0n) is 10.6. The summed E-state index contributed by atoms with van der Waals surface area (Å²) in [7, 11) is 0. The molecule has 0 saturated carbocycles. The number of ether oxygens (including phenoxy) is 1. The minimum atomic E-state index is -0.490. The fourth-order valence-electron chi connectivity index (χ4n) is 1.34. The largest absolute Gasteiger partial charge is 0.481 e. The molecule has 6 nitrogen and oxygen atoms in total. The maximum absolute atomic E-state index is 12.8. The number of hydrogen-bond acceptors (Lipinski definition) is 6. The van der Waals surface area contributed by atoms with Gasteiger partial charge in [-0.15, -0.1) is 10.2 Å². The van der Waals surface area contributed by atoms with E-state index < -0.39 is 12.0 Å². The van der Waals surface area contributed by atoms with Crippen LogP contribution in [-0.4, -0.2) is 21.9 Å². The molecule has 1 amide bonds. The molecule has 0 spiro atoms. The maximum atomic E-state index is 12.8. The quantitative estimate of drug-likeness (QED) is 0.819. The Hall–Kier alpha value is -2.09. The zero-order valence-corrected chi connectivity index (χ0v) is 11.4. The van der Waals surface area contributed by atoms with Gasteiger partial charge in [0.1, 0.15) is 11.6 Å². The highest BCUT2D eigenvalue weighted by molar-refractivity contribution is 7.99. The van der Waals surface area contributed by atoms with Crippen LogP contribution in [0.15, 0.2) is 33.9 Å². The van der Waals surface area contributed by atoms with Gasteiger partial charge in [0.25, 0.3) is 11.1 Å². The highest BCUT2D eigenvalue weighted by Gasteiger charge is 2.16. The van der Waals surface area contributed by atoms with Crippen LogP contribution in [0, 0.1) is 5.82 Å². The van der Waals surface area contributed by atoms with Gasteiger partial charge in [-0.25, -0.2) is 4.39 Å². The summed E-state index contributed by atoms with van der Waals surface area (Å²) in [5.74, 6) is 0.0116. The fraction of sp³-hybridized carbons (Fsp3) is 0.250. The van der Waals surface area contributed by atoms with Crippen molar-refractivity contribution in [3.8, 4) is 5.75 Å². The lowest BCUT2D eigenvalue weighted by Crippen LogP contribution is -2.12. The van der Waals surface area contributed by atoms with Crippen LogP contribution in [0.5, 0.6) is 5.75 Å². The molecule has 0 fully saturated rings. The van der Waals surface area contributed by atoms with Crippen LogP contribution in [0.4, 0.5) is 4.39 Å². The van der Waals surface area contributed by atoms with Crippen LogP contribution in [0.3, 0.4) is 0 Å². The Labute approximate surface area is 118 Å². The highest BCUT2D eigenvalue weighted by atomic mass is 32.2. The average Bonchev–Trinajstić information content (AvgIpc) is 2.88. The van der Waals surface area contributed by atoms with E-state index in [4.69, 9.17) is 14.9 Å². The molecule has 106 valence electrons. The van der Waals surface area contributed by atoms with Crippen LogP contribution in [0.2, 0.25) is 0 Å². The molecule has 0 aliphatic carbocycles. The molecule has 0 aliphatic rings. The van der Waals surface area contributed by atoms with Gasteiger partial charge in [0.05, 0.1) is 5.75 Å². The van der Waals surface area contributed by atoms with Gasteiger partial charge in [0.2, 0.25) is 5.91 Å². The number of hydrogen-bond donors (Lipinski definition) is 1. The molecule has 1 atom stereocenters. The van der Waals surface area contributed by atoms with Crippen molar-refractivity contribution in [1.82, 2.24) is 10.2 Å². The van der Waals surface area contributed by atoms with Crippen molar-refractivity contribution in [2.75, 3.05) is 5.75 Å². The summed E-state index contributed by atoms with van der Waals surface area (Å²) in [6, 6.07) is 5.60. The minimum absolute atomic E-state index is 0.0643. The number of amides is 1. The van der Waals surface area contributed by atoms with Crippen LogP contribution in [0.1, 0.15) is 18.9 Å². The Bertz CT molecular complexity index is 588. The second-order valence-electron chi connectivity index (χ2n) is 3.88. The van der Waals surface area contributed by atoms with Crippen LogP contribution in [-0.2, 0) is 4.79 Å². The van der Waals surface area contributed by atoms with Crippen molar-refractivity contribution in [2.45, 2.75) is 18.3 Å². The smallest absolute Gasteiger partial charge is 0.277 e. The first kappa shape index (κ1) is 14.3. The molecular weight excluding hydrogens is 285 g/mol. The van der Waals surface area contributed by atoms with E-state index in [0.29, 0.717) is 5.75 Å². The van der Waals surface area contributed by atoms with Crippen molar-refractivity contribution in [3.05, 3.63) is 36.0 Å². The first-order valence-electron chi connectivity index (χ1n) is 5.71. The Kier molecular flexibility index (Phi) is 4.57. The molecular formula is C12H12FN3O3S. The number of rotatable bonds is 6. The van der Waals surface area contributed by atoms with Gasteiger partial charge < -0.3 is 14.9 Å². The number of nitrogens with two attached hydrogens (primary N) is 1. The summed E-state index contributed by atoms with van der Waals surface area (Å²) in [4.78, 5) is 10.6. The summed E-state index contributed by atoms with van der Waals surface area (Å²) < 4.78 is 23.6. The van der Waals surface area contributed by atoms with Crippen molar-refractivity contribution in [1.29, 1.82) is 0 Å². The van der Waals surface area contributed by atoms with Gasteiger partial charge >= 0.3 is 0 Å². The maximum Gasteiger partial charge on any atom is 0.277 e. The van der Waals surface area contributed by atoms with Crippen molar-refractivity contribution in [2.24, 2.45) is 5.73 Å². The molecule has 2 aromatic rings. The van der Waals surface area contributed by atoms with Crippen molar-refractivity contribution < 1.29 is 18.3 Å². The third kappa shape index (κ3) is 3.95. The number of aromatic nitrogens is 2.